The molecule has 1 heterocycles. The van der Waals surface area contributed by atoms with Crippen molar-refractivity contribution in [3.63, 3.8) is 0 Å². The van der Waals surface area contributed by atoms with Crippen LogP contribution in [-0.4, -0.2) is 37.4 Å². The Morgan fingerprint density at radius 1 is 0.625 bits per heavy atom. The van der Waals surface area contributed by atoms with E-state index in [2.05, 4.69) is 129 Å². The fourth-order valence-electron chi connectivity index (χ4n) is 12.4. The monoisotopic (exact) mass is 1010 g/mol. The molecule has 4 atom stereocenters. The molecule has 1 saturated heterocycles. The fraction of sp³-hybridized carbons (Fsp3) is 0.552. The number of benzene rings is 3. The number of allylic oxidation sites excluding steroid dienone is 5. The van der Waals surface area contributed by atoms with Gasteiger partial charge in [-0.25, -0.2) is 0 Å². The SMILES string of the molecule is C1CCC([PH+](C2CCCCC2)C2CCCCC2)CC1.CC(C)C1=CCCC[C@H]1N1[CH-]N(C2=CC=CCC2C(C)C)[C@H](c2ccccc2)[C@H]1c1ccccc1.[Cl][Ru]([Cl])=[CH]c1ccccc1. The average Bonchev–Trinajstić information content (AvgIpc) is 3.74. The van der Waals surface area contributed by atoms with Crippen LogP contribution < -0.4 is 0 Å². The normalized spacial score (nSPS) is 25.3. The van der Waals surface area contributed by atoms with Crippen molar-refractivity contribution in [1.29, 1.82) is 0 Å². The third-order valence-corrected chi connectivity index (χ3v) is 21.9. The second-order valence-corrected chi connectivity index (χ2v) is 29.5. The Kier molecular flexibility index (Phi) is 20.4. The van der Waals surface area contributed by atoms with Gasteiger partial charge in [-0.3, -0.25) is 0 Å². The molecular weight excluding hydrogens is 928 g/mol. The predicted molar refractivity (Wildman–Crippen MR) is 279 cm³/mol. The van der Waals surface area contributed by atoms with Gasteiger partial charge in [-0.1, -0.05) is 131 Å². The van der Waals surface area contributed by atoms with Gasteiger partial charge in [0.2, 0.25) is 0 Å². The van der Waals surface area contributed by atoms with Crippen LogP contribution in [0.2, 0.25) is 0 Å². The minimum atomic E-state index is -1.61. The third-order valence-electron chi connectivity index (χ3n) is 15.4. The van der Waals surface area contributed by atoms with Crippen LogP contribution in [0, 0.1) is 24.4 Å². The van der Waals surface area contributed by atoms with E-state index in [1.807, 2.05) is 34.9 Å². The minimum absolute atomic E-state index is 0.0465. The van der Waals surface area contributed by atoms with Gasteiger partial charge in [-0.05, 0) is 137 Å². The van der Waals surface area contributed by atoms with Gasteiger partial charge < -0.3 is 9.80 Å². The first-order valence-electron chi connectivity index (χ1n) is 25.6. The summed E-state index contributed by atoms with van der Waals surface area (Å²) in [4.78, 5) is 5.38. The Labute approximate surface area is 405 Å². The Hall–Kier alpha value is -1.86. The molecule has 6 heteroatoms. The Bertz CT molecular complexity index is 1880. The molecule has 3 aromatic rings. The zero-order chi connectivity index (χ0) is 44.7. The second-order valence-electron chi connectivity index (χ2n) is 20.3. The summed E-state index contributed by atoms with van der Waals surface area (Å²) in [6, 6.07) is 33.3. The number of hydrogen-bond donors (Lipinski definition) is 0. The number of nitrogens with zero attached hydrogens (tertiary/aromatic N) is 2. The molecule has 0 radical (unpaired) electrons. The molecule has 1 unspecified atom stereocenters. The first kappa shape index (κ1) is 50.0. The standard InChI is InChI=1S/C33H41N2.C18H33P.C7H6.2ClH.Ru/c1-24(2)28-19-11-13-21-30(28)34-23-35(31-22-14-12-20-29(31)25(3)4)33(27-17-9-6-10-18-27)32(34)26-15-7-5-8-16-26;1-4-10-16(11-5-1)19(17-12-6-2-7-13-17)18-14-8-3-9-15-18;1-7-5-3-2-4-6-7;;;/h5-11,13,15-18,20-21,23-25,28,31-33H,12,14,19,22H2,1-4H3;16-18H,1-15H2;1-6H;2*1H;/q-1;;;;;+2/p-1/t28?,31-,32-,33-;;;;;/m1...../s1. The van der Waals surface area contributed by atoms with Gasteiger partial charge in [0.1, 0.15) is 0 Å². The van der Waals surface area contributed by atoms with Crippen molar-refractivity contribution in [2.45, 2.75) is 185 Å². The summed E-state index contributed by atoms with van der Waals surface area (Å²) in [6.45, 7) is 12.0. The van der Waals surface area contributed by atoms with Crippen LogP contribution in [0.5, 0.6) is 0 Å². The van der Waals surface area contributed by atoms with E-state index >= 15 is 0 Å². The quantitative estimate of drug-likeness (QED) is 0.0864. The van der Waals surface area contributed by atoms with Crippen LogP contribution in [0.4, 0.5) is 0 Å². The molecule has 4 fully saturated rings. The van der Waals surface area contributed by atoms with Gasteiger partial charge in [-0.2, -0.15) is 6.67 Å². The van der Waals surface area contributed by atoms with Crippen molar-refractivity contribution in [3.8, 4) is 0 Å². The van der Waals surface area contributed by atoms with Crippen LogP contribution in [-0.2, 0) is 13.5 Å². The summed E-state index contributed by atoms with van der Waals surface area (Å²) >= 11 is -1.61. The van der Waals surface area contributed by atoms with Gasteiger partial charge in [-0.15, -0.1) is 0 Å². The molecule has 2 nitrogen and oxygen atoms in total. The molecule has 0 amide bonds. The molecular formula is C58H81Cl2N2PRu. The summed E-state index contributed by atoms with van der Waals surface area (Å²) in [5.41, 5.74) is 10.7. The molecule has 0 bridgehead atoms. The van der Waals surface area contributed by atoms with Crippen molar-refractivity contribution >= 4 is 31.9 Å². The van der Waals surface area contributed by atoms with E-state index in [4.69, 9.17) is 19.4 Å². The van der Waals surface area contributed by atoms with Crippen LogP contribution in [0.25, 0.3) is 0 Å². The van der Waals surface area contributed by atoms with E-state index in [0.29, 0.717) is 23.8 Å². The van der Waals surface area contributed by atoms with E-state index in [1.54, 1.807) is 102 Å². The van der Waals surface area contributed by atoms with E-state index in [1.165, 1.54) is 53.1 Å². The van der Waals surface area contributed by atoms with E-state index < -0.39 is 13.5 Å². The third kappa shape index (κ3) is 13.7. The summed E-state index contributed by atoms with van der Waals surface area (Å²) < 4.78 is 1.92. The zero-order valence-electron chi connectivity index (χ0n) is 39.8. The maximum absolute atomic E-state index is 5.67. The molecule has 9 rings (SSSR count). The summed E-state index contributed by atoms with van der Waals surface area (Å²) in [7, 11) is 11.3. The molecule has 3 aromatic carbocycles. The molecule has 6 aliphatic rings. The van der Waals surface area contributed by atoms with Gasteiger partial charge >= 0.3 is 73.4 Å². The second kappa shape index (κ2) is 26.0. The topological polar surface area (TPSA) is 6.48 Å². The fourth-order valence-corrected chi connectivity index (χ4v) is 19.4. The van der Waals surface area contributed by atoms with Gasteiger partial charge in [0.05, 0.1) is 17.0 Å². The number of rotatable bonds is 10. The molecule has 0 aromatic heterocycles. The summed E-state index contributed by atoms with van der Waals surface area (Å²) in [6.07, 6.45) is 38.1. The molecule has 0 spiro atoms. The van der Waals surface area contributed by atoms with Crippen molar-refractivity contribution in [3.05, 3.63) is 150 Å². The van der Waals surface area contributed by atoms with Crippen molar-refractivity contribution < 1.29 is 13.5 Å². The Morgan fingerprint density at radius 3 is 1.61 bits per heavy atom. The Balaban J connectivity index is 0.000000175. The molecule has 64 heavy (non-hydrogen) atoms. The van der Waals surface area contributed by atoms with Crippen LogP contribution in [0.3, 0.4) is 0 Å². The molecule has 5 aliphatic carbocycles. The van der Waals surface area contributed by atoms with Crippen molar-refractivity contribution in [1.82, 2.24) is 9.80 Å². The molecule has 3 saturated carbocycles. The van der Waals surface area contributed by atoms with Crippen LogP contribution in [0.15, 0.2) is 127 Å². The van der Waals surface area contributed by atoms with Crippen molar-refractivity contribution in [2.75, 3.05) is 0 Å². The van der Waals surface area contributed by atoms with E-state index in [-0.39, 0.29) is 20.0 Å². The zero-order valence-corrected chi connectivity index (χ0v) is 44.0. The Morgan fingerprint density at radius 2 is 1.12 bits per heavy atom. The summed E-state index contributed by atoms with van der Waals surface area (Å²) in [5.74, 6) is 1.70. The maximum atomic E-state index is 5.67. The van der Waals surface area contributed by atoms with E-state index in [0.717, 1.165) is 12.0 Å². The predicted octanol–water partition coefficient (Wildman–Crippen LogP) is 17.4. The number of halogens is 2. The van der Waals surface area contributed by atoms with Crippen molar-refractivity contribution in [2.24, 2.45) is 17.8 Å². The molecule has 350 valence electrons. The summed E-state index contributed by atoms with van der Waals surface area (Å²) in [5, 5.41) is 0. The molecule has 1 aliphatic heterocycles. The van der Waals surface area contributed by atoms with Gasteiger partial charge in [0.15, 0.2) is 0 Å². The first-order valence-corrected chi connectivity index (χ1v) is 32.8. The first-order chi connectivity index (χ1) is 31.3. The van der Waals surface area contributed by atoms with Crippen LogP contribution in [0.1, 0.15) is 178 Å². The van der Waals surface area contributed by atoms with E-state index in [9.17, 15) is 0 Å². The average molecular weight is 1010 g/mol. The van der Waals surface area contributed by atoms with Gasteiger partial charge in [0, 0.05) is 32.0 Å². The molecule has 0 N–H and O–H groups in total. The van der Waals surface area contributed by atoms with Crippen LogP contribution >= 0.6 is 27.3 Å². The van der Waals surface area contributed by atoms with Gasteiger partial charge in [0.25, 0.3) is 0 Å². The number of hydrogen-bond acceptors (Lipinski definition) is 2.